The average molecular weight is 332 g/mol. The van der Waals surface area contributed by atoms with E-state index in [1.54, 1.807) is 0 Å². The highest BCUT2D eigenvalue weighted by molar-refractivity contribution is 5.75. The van der Waals surface area contributed by atoms with Gasteiger partial charge in [-0.25, -0.2) is 0 Å². The average Bonchev–Trinajstić information content (AvgIpc) is 2.99. The first-order chi connectivity index (χ1) is 11.8. The van der Waals surface area contributed by atoms with Crippen LogP contribution in [0.2, 0.25) is 0 Å². The fraction of sp³-hybridized carbons (Fsp3) is 0.650. The van der Waals surface area contributed by atoms with Crippen molar-refractivity contribution >= 4 is 17.1 Å². The van der Waals surface area contributed by atoms with Crippen LogP contribution in [0.25, 0.3) is 11.1 Å². The highest BCUT2D eigenvalue weighted by Gasteiger charge is 2.06. The Morgan fingerprint density at radius 1 is 1.00 bits per heavy atom. The van der Waals surface area contributed by atoms with Crippen molar-refractivity contribution in [3.63, 3.8) is 0 Å². The number of hydrogen-bond donors (Lipinski definition) is 2. The summed E-state index contributed by atoms with van der Waals surface area (Å²) in [6, 6.07) is 6.98. The third-order valence-electron chi connectivity index (χ3n) is 4.43. The molecule has 0 saturated heterocycles. The van der Waals surface area contributed by atoms with Crippen molar-refractivity contribution in [1.29, 1.82) is 0 Å². The van der Waals surface area contributed by atoms with Crippen LogP contribution >= 0.6 is 0 Å². The minimum absolute atomic E-state index is 0.600. The molecule has 0 aliphatic heterocycles. The van der Waals surface area contributed by atoms with Gasteiger partial charge in [-0.1, -0.05) is 57.9 Å². The number of anilines is 1. The second-order valence-electron chi connectivity index (χ2n) is 6.61. The van der Waals surface area contributed by atoms with Crippen LogP contribution in [0.1, 0.15) is 70.3 Å². The number of nitrogens with zero attached hydrogens (tertiary/aromatic N) is 1. The number of nitrogens with two attached hydrogens (primary N) is 1. The van der Waals surface area contributed by atoms with E-state index in [9.17, 15) is 0 Å². The molecule has 0 spiro atoms. The number of benzene rings is 1. The van der Waals surface area contributed by atoms with E-state index in [-0.39, 0.29) is 0 Å². The molecule has 0 bridgehead atoms. The number of hydrogen-bond acceptors (Lipinski definition) is 4. The molecule has 0 aliphatic carbocycles. The van der Waals surface area contributed by atoms with Crippen LogP contribution in [-0.2, 0) is 6.42 Å². The predicted octanol–water partition coefficient (Wildman–Crippen LogP) is 5.27. The molecule has 134 valence electrons. The predicted molar refractivity (Wildman–Crippen MR) is 102 cm³/mol. The highest BCUT2D eigenvalue weighted by Crippen LogP contribution is 2.21. The smallest absolute Gasteiger partial charge is 0.295 e. The van der Waals surface area contributed by atoms with Gasteiger partial charge < -0.3 is 15.5 Å². The molecule has 0 atom stereocenters. The monoisotopic (exact) mass is 331 g/mol. The topological polar surface area (TPSA) is 64.1 Å². The molecule has 0 amide bonds. The SMILES string of the molecule is CCCCCCCCCCc1ccc2nc(NCCCN)oc2c1. The standard InChI is InChI=1S/C20H33N3O/c1-2-3-4-5-6-7-8-9-11-17-12-13-18-19(16-17)24-20(23-18)22-15-10-14-21/h12-13,16H,2-11,14-15,21H2,1H3,(H,22,23). The molecule has 3 N–H and O–H groups in total. The summed E-state index contributed by atoms with van der Waals surface area (Å²) in [4.78, 5) is 4.45. The quantitative estimate of drug-likeness (QED) is 0.491. The van der Waals surface area contributed by atoms with Crippen molar-refractivity contribution in [1.82, 2.24) is 4.98 Å². The van der Waals surface area contributed by atoms with Gasteiger partial charge in [-0.15, -0.1) is 0 Å². The molecule has 2 aromatic rings. The number of oxazole rings is 1. The molecule has 1 aromatic carbocycles. The van der Waals surface area contributed by atoms with Crippen LogP contribution in [0.15, 0.2) is 22.6 Å². The summed E-state index contributed by atoms with van der Waals surface area (Å²) in [5, 5.41) is 3.18. The van der Waals surface area contributed by atoms with Gasteiger partial charge in [0.25, 0.3) is 6.01 Å². The van der Waals surface area contributed by atoms with Crippen LogP contribution in [-0.4, -0.2) is 18.1 Å². The number of aromatic nitrogens is 1. The van der Waals surface area contributed by atoms with Gasteiger partial charge in [-0.05, 0) is 43.5 Å². The van der Waals surface area contributed by atoms with Crippen LogP contribution in [0.4, 0.5) is 6.01 Å². The Kier molecular flexibility index (Phi) is 8.67. The summed E-state index contributed by atoms with van der Waals surface area (Å²) in [6.07, 6.45) is 12.9. The largest absolute Gasteiger partial charge is 0.424 e. The van der Waals surface area contributed by atoms with Crippen molar-refractivity contribution < 1.29 is 4.42 Å². The van der Waals surface area contributed by atoms with Crippen LogP contribution in [0.3, 0.4) is 0 Å². The lowest BCUT2D eigenvalue weighted by Crippen LogP contribution is -2.08. The second kappa shape index (κ2) is 11.1. The van der Waals surface area contributed by atoms with E-state index in [1.165, 1.54) is 56.9 Å². The van der Waals surface area contributed by atoms with Gasteiger partial charge in [0, 0.05) is 6.54 Å². The number of rotatable bonds is 13. The Labute approximate surface area is 146 Å². The molecule has 0 saturated carbocycles. The molecule has 1 heterocycles. The number of fused-ring (bicyclic) bond motifs is 1. The Hall–Kier alpha value is -1.55. The van der Waals surface area contributed by atoms with Crippen molar-refractivity contribution in [2.24, 2.45) is 5.73 Å². The molecular weight excluding hydrogens is 298 g/mol. The molecule has 0 aliphatic rings. The van der Waals surface area contributed by atoms with Crippen molar-refractivity contribution in [3.8, 4) is 0 Å². The first kappa shape index (κ1) is 18.8. The number of nitrogens with one attached hydrogen (secondary N) is 1. The normalized spacial score (nSPS) is 11.2. The fourth-order valence-electron chi connectivity index (χ4n) is 2.96. The van der Waals surface area contributed by atoms with E-state index in [2.05, 4.69) is 35.4 Å². The third-order valence-corrected chi connectivity index (χ3v) is 4.43. The molecule has 24 heavy (non-hydrogen) atoms. The lowest BCUT2D eigenvalue weighted by molar-refractivity contribution is 0.575. The summed E-state index contributed by atoms with van der Waals surface area (Å²) >= 11 is 0. The minimum Gasteiger partial charge on any atom is -0.424 e. The molecular formula is C20H33N3O. The lowest BCUT2D eigenvalue weighted by Gasteiger charge is -2.02. The maximum Gasteiger partial charge on any atom is 0.295 e. The van der Waals surface area contributed by atoms with Gasteiger partial charge in [0.05, 0.1) is 0 Å². The lowest BCUT2D eigenvalue weighted by atomic mass is 10.0. The Morgan fingerprint density at radius 3 is 2.50 bits per heavy atom. The molecule has 4 nitrogen and oxygen atoms in total. The zero-order chi connectivity index (χ0) is 17.0. The third kappa shape index (κ3) is 6.52. The molecule has 4 heteroatoms. The molecule has 1 aromatic heterocycles. The van der Waals surface area contributed by atoms with E-state index >= 15 is 0 Å². The zero-order valence-electron chi connectivity index (χ0n) is 15.2. The van der Waals surface area contributed by atoms with E-state index in [0.29, 0.717) is 12.6 Å². The summed E-state index contributed by atoms with van der Waals surface area (Å²) in [5.74, 6) is 0. The van der Waals surface area contributed by atoms with Gasteiger partial charge in [0.15, 0.2) is 5.58 Å². The first-order valence-electron chi connectivity index (χ1n) is 9.67. The van der Waals surface area contributed by atoms with Crippen molar-refractivity contribution in [2.45, 2.75) is 71.1 Å². The van der Waals surface area contributed by atoms with Crippen LogP contribution < -0.4 is 11.1 Å². The van der Waals surface area contributed by atoms with Crippen molar-refractivity contribution in [2.75, 3.05) is 18.4 Å². The van der Waals surface area contributed by atoms with E-state index < -0.39 is 0 Å². The minimum atomic E-state index is 0.600. The Bertz CT molecular complexity index is 579. The van der Waals surface area contributed by atoms with Gasteiger partial charge in [0.2, 0.25) is 0 Å². The molecule has 0 unspecified atom stereocenters. The number of aryl methyl sites for hydroxylation is 1. The fourth-order valence-corrected chi connectivity index (χ4v) is 2.96. The summed E-state index contributed by atoms with van der Waals surface area (Å²) < 4.78 is 5.77. The van der Waals surface area contributed by atoms with Crippen LogP contribution in [0.5, 0.6) is 0 Å². The van der Waals surface area contributed by atoms with Crippen molar-refractivity contribution in [3.05, 3.63) is 23.8 Å². The molecule has 0 fully saturated rings. The van der Waals surface area contributed by atoms with Gasteiger partial charge in [-0.2, -0.15) is 4.98 Å². The van der Waals surface area contributed by atoms with E-state index in [4.69, 9.17) is 10.2 Å². The van der Waals surface area contributed by atoms with Gasteiger partial charge in [0.1, 0.15) is 5.52 Å². The van der Waals surface area contributed by atoms with Gasteiger partial charge >= 0.3 is 0 Å². The number of unbranched alkanes of at least 4 members (excludes halogenated alkanes) is 7. The van der Waals surface area contributed by atoms with E-state index in [1.807, 2.05) is 0 Å². The first-order valence-corrected chi connectivity index (χ1v) is 9.67. The summed E-state index contributed by atoms with van der Waals surface area (Å²) in [5.41, 5.74) is 8.64. The summed E-state index contributed by atoms with van der Waals surface area (Å²) in [7, 11) is 0. The Balaban J connectivity index is 1.70. The van der Waals surface area contributed by atoms with Crippen LogP contribution in [0, 0.1) is 0 Å². The highest BCUT2D eigenvalue weighted by atomic mass is 16.4. The molecule has 2 rings (SSSR count). The molecule has 0 radical (unpaired) electrons. The van der Waals surface area contributed by atoms with Gasteiger partial charge in [-0.3, -0.25) is 0 Å². The van der Waals surface area contributed by atoms with E-state index in [0.717, 1.165) is 30.5 Å². The maximum atomic E-state index is 5.77. The second-order valence-corrected chi connectivity index (χ2v) is 6.61. The zero-order valence-corrected chi connectivity index (χ0v) is 15.2. The maximum absolute atomic E-state index is 5.77. The Morgan fingerprint density at radius 2 is 1.75 bits per heavy atom. The summed E-state index contributed by atoms with van der Waals surface area (Å²) in [6.45, 7) is 3.75.